The molecule has 1 unspecified atom stereocenters. The third kappa shape index (κ3) is 3.45. The molecule has 2 heterocycles. The summed E-state index contributed by atoms with van der Waals surface area (Å²) in [6, 6.07) is 9.54. The summed E-state index contributed by atoms with van der Waals surface area (Å²) in [5.74, 6) is -1.48. The summed E-state index contributed by atoms with van der Waals surface area (Å²) in [5.41, 5.74) is 0.940. The second kappa shape index (κ2) is 7.37. The molecule has 2 aliphatic heterocycles. The highest BCUT2D eigenvalue weighted by Gasteiger charge is 2.49. The van der Waals surface area contributed by atoms with E-state index in [4.69, 9.17) is 0 Å². The van der Waals surface area contributed by atoms with Crippen LogP contribution in [0.15, 0.2) is 42.5 Å². The van der Waals surface area contributed by atoms with Gasteiger partial charge in [0.15, 0.2) is 5.78 Å². The van der Waals surface area contributed by atoms with Crippen LogP contribution in [0.5, 0.6) is 0 Å². The lowest BCUT2D eigenvalue weighted by molar-refractivity contribution is -0.130. The van der Waals surface area contributed by atoms with Crippen molar-refractivity contribution in [3.63, 3.8) is 0 Å². The molecule has 2 N–H and O–H groups in total. The minimum atomic E-state index is -1.37. The zero-order valence-electron chi connectivity index (χ0n) is 16.3. The van der Waals surface area contributed by atoms with Crippen LogP contribution in [0.1, 0.15) is 41.3 Å². The highest BCUT2D eigenvalue weighted by atomic mass is 19.1. The monoisotopic (exact) mass is 409 g/mol. The first-order valence-electron chi connectivity index (χ1n) is 9.64. The highest BCUT2D eigenvalue weighted by molar-refractivity contribution is 6.11. The number of anilines is 1. The zero-order valence-corrected chi connectivity index (χ0v) is 16.3. The van der Waals surface area contributed by atoms with E-state index in [0.29, 0.717) is 36.1 Å². The predicted molar refractivity (Wildman–Crippen MR) is 106 cm³/mol. The van der Waals surface area contributed by atoms with E-state index in [2.05, 4.69) is 10.6 Å². The van der Waals surface area contributed by atoms with Crippen molar-refractivity contribution in [1.29, 1.82) is 0 Å². The number of urea groups is 1. The number of carbonyl (C=O) groups excluding carboxylic acids is 4. The van der Waals surface area contributed by atoms with Crippen LogP contribution in [0, 0.1) is 5.82 Å². The van der Waals surface area contributed by atoms with Gasteiger partial charge in [0.05, 0.1) is 6.54 Å². The van der Waals surface area contributed by atoms with Crippen molar-refractivity contribution < 1.29 is 23.6 Å². The Morgan fingerprint density at radius 3 is 2.57 bits per heavy atom. The van der Waals surface area contributed by atoms with Gasteiger partial charge in [0.25, 0.3) is 5.91 Å². The molecule has 2 aromatic carbocycles. The Morgan fingerprint density at radius 1 is 1.10 bits per heavy atom. The summed E-state index contributed by atoms with van der Waals surface area (Å²) in [5, 5.41) is 5.40. The number of fused-ring (bicyclic) bond motifs is 1. The minimum absolute atomic E-state index is 0.0627. The largest absolute Gasteiger partial charge is 0.326 e. The van der Waals surface area contributed by atoms with Gasteiger partial charge in [0, 0.05) is 17.7 Å². The molecule has 1 saturated heterocycles. The van der Waals surface area contributed by atoms with Crippen LogP contribution in [0.3, 0.4) is 0 Å². The van der Waals surface area contributed by atoms with E-state index in [1.807, 2.05) is 0 Å². The standard InChI is InChI=1S/C22H20FN3O4/c1-22(15-6-8-16(23)9-7-15)20(29)26(21(30)25-22)12-18(27)14-5-10-17-13(11-14)3-2-4-19(28)24-17/h5-11H,2-4,12H2,1H3,(H,24,28)(H,25,30). The molecule has 0 spiro atoms. The fraction of sp³-hybridized carbons (Fsp3) is 0.273. The number of imide groups is 1. The minimum Gasteiger partial charge on any atom is -0.326 e. The maximum Gasteiger partial charge on any atom is 0.325 e. The highest BCUT2D eigenvalue weighted by Crippen LogP contribution is 2.29. The van der Waals surface area contributed by atoms with Gasteiger partial charge in [-0.15, -0.1) is 0 Å². The van der Waals surface area contributed by atoms with Crippen LogP contribution in [-0.2, 0) is 21.5 Å². The maximum absolute atomic E-state index is 13.2. The topological polar surface area (TPSA) is 95.6 Å². The van der Waals surface area contributed by atoms with Crippen LogP contribution in [0.25, 0.3) is 0 Å². The molecule has 1 fully saturated rings. The molecule has 1 atom stereocenters. The SMILES string of the molecule is CC1(c2ccc(F)cc2)NC(=O)N(CC(=O)c2ccc3c(c2)CCCC(=O)N3)C1=O. The summed E-state index contributed by atoms with van der Waals surface area (Å²) < 4.78 is 13.2. The second-order valence-corrected chi connectivity index (χ2v) is 7.65. The van der Waals surface area contributed by atoms with Crippen LogP contribution < -0.4 is 10.6 Å². The molecule has 4 rings (SSSR count). The van der Waals surface area contributed by atoms with Crippen molar-refractivity contribution >= 4 is 29.3 Å². The van der Waals surface area contributed by atoms with E-state index in [9.17, 15) is 23.6 Å². The number of amides is 4. The number of Topliss-reactive ketones (excluding diaryl/α,β-unsaturated/α-hetero) is 1. The number of hydrogen-bond donors (Lipinski definition) is 2. The van der Waals surface area contributed by atoms with Crippen LogP contribution >= 0.6 is 0 Å². The number of nitrogens with one attached hydrogen (secondary N) is 2. The van der Waals surface area contributed by atoms with Crippen LogP contribution in [0.2, 0.25) is 0 Å². The molecular formula is C22H20FN3O4. The fourth-order valence-electron chi connectivity index (χ4n) is 3.80. The lowest BCUT2D eigenvalue weighted by atomic mass is 9.92. The number of hydrogen-bond acceptors (Lipinski definition) is 4. The number of halogens is 1. The molecule has 0 bridgehead atoms. The number of nitrogens with zero attached hydrogens (tertiary/aromatic N) is 1. The average Bonchev–Trinajstić information content (AvgIpc) is 2.85. The zero-order chi connectivity index (χ0) is 21.5. The Morgan fingerprint density at radius 2 is 1.83 bits per heavy atom. The quantitative estimate of drug-likeness (QED) is 0.600. The first-order valence-corrected chi connectivity index (χ1v) is 9.64. The van der Waals surface area contributed by atoms with Gasteiger partial charge in [-0.25, -0.2) is 9.18 Å². The van der Waals surface area contributed by atoms with E-state index in [1.54, 1.807) is 18.2 Å². The molecule has 0 aromatic heterocycles. The van der Waals surface area contributed by atoms with Crippen molar-refractivity contribution in [2.45, 2.75) is 31.7 Å². The van der Waals surface area contributed by atoms with Gasteiger partial charge in [0.2, 0.25) is 5.91 Å². The fourth-order valence-corrected chi connectivity index (χ4v) is 3.80. The molecule has 4 amide bonds. The van der Waals surface area contributed by atoms with E-state index in [-0.39, 0.29) is 11.7 Å². The number of benzene rings is 2. The summed E-state index contributed by atoms with van der Waals surface area (Å²) in [6.45, 7) is 1.11. The summed E-state index contributed by atoms with van der Waals surface area (Å²) in [7, 11) is 0. The van der Waals surface area contributed by atoms with Gasteiger partial charge < -0.3 is 10.6 Å². The Balaban J connectivity index is 1.54. The molecule has 0 aliphatic carbocycles. The molecule has 0 saturated carbocycles. The summed E-state index contributed by atoms with van der Waals surface area (Å²) >= 11 is 0. The molecular weight excluding hydrogens is 389 g/mol. The molecule has 7 nitrogen and oxygen atoms in total. The van der Waals surface area contributed by atoms with E-state index >= 15 is 0 Å². The molecule has 154 valence electrons. The Labute approximate surface area is 172 Å². The van der Waals surface area contributed by atoms with Gasteiger partial charge in [-0.3, -0.25) is 19.3 Å². The van der Waals surface area contributed by atoms with Gasteiger partial charge in [-0.2, -0.15) is 0 Å². The normalized spacial score (nSPS) is 21.0. The van der Waals surface area contributed by atoms with Crippen molar-refractivity contribution in [3.8, 4) is 0 Å². The van der Waals surface area contributed by atoms with E-state index < -0.39 is 29.8 Å². The first kappa shape index (κ1) is 19.8. The lowest BCUT2D eigenvalue weighted by Crippen LogP contribution is -2.41. The lowest BCUT2D eigenvalue weighted by Gasteiger charge is -2.22. The number of ketones is 1. The first-order chi connectivity index (χ1) is 14.3. The van der Waals surface area contributed by atoms with Crippen molar-refractivity contribution in [1.82, 2.24) is 10.2 Å². The Kier molecular flexibility index (Phi) is 4.85. The molecule has 8 heteroatoms. The third-order valence-corrected chi connectivity index (χ3v) is 5.55. The van der Waals surface area contributed by atoms with Gasteiger partial charge in [-0.1, -0.05) is 12.1 Å². The smallest absolute Gasteiger partial charge is 0.325 e. The van der Waals surface area contributed by atoms with Crippen LogP contribution in [-0.4, -0.2) is 35.1 Å². The second-order valence-electron chi connectivity index (χ2n) is 7.65. The third-order valence-electron chi connectivity index (χ3n) is 5.55. The predicted octanol–water partition coefficient (Wildman–Crippen LogP) is 2.75. The average molecular weight is 409 g/mol. The van der Waals surface area contributed by atoms with Gasteiger partial charge >= 0.3 is 6.03 Å². The van der Waals surface area contributed by atoms with E-state index in [0.717, 1.165) is 10.5 Å². The molecule has 30 heavy (non-hydrogen) atoms. The van der Waals surface area contributed by atoms with E-state index in [1.165, 1.54) is 31.2 Å². The van der Waals surface area contributed by atoms with Gasteiger partial charge in [-0.05, 0) is 61.2 Å². The maximum atomic E-state index is 13.2. The molecule has 2 aromatic rings. The number of aryl methyl sites for hydroxylation is 1. The van der Waals surface area contributed by atoms with Crippen molar-refractivity contribution in [3.05, 3.63) is 65.0 Å². The summed E-state index contributed by atoms with van der Waals surface area (Å²) in [4.78, 5) is 50.8. The Hall–Kier alpha value is -3.55. The van der Waals surface area contributed by atoms with Gasteiger partial charge in [0.1, 0.15) is 11.4 Å². The summed E-state index contributed by atoms with van der Waals surface area (Å²) in [6.07, 6.45) is 1.75. The Bertz CT molecular complexity index is 1070. The van der Waals surface area contributed by atoms with Crippen molar-refractivity contribution in [2.24, 2.45) is 0 Å². The molecule has 2 aliphatic rings. The molecule has 0 radical (unpaired) electrons. The van der Waals surface area contributed by atoms with Crippen molar-refractivity contribution in [2.75, 3.05) is 11.9 Å². The van der Waals surface area contributed by atoms with Crippen LogP contribution in [0.4, 0.5) is 14.9 Å². The number of carbonyl (C=O) groups is 4. The number of rotatable bonds is 4.